The van der Waals surface area contributed by atoms with Crippen molar-refractivity contribution < 1.29 is 4.79 Å². The van der Waals surface area contributed by atoms with Gasteiger partial charge in [-0.25, -0.2) is 10.1 Å². The van der Waals surface area contributed by atoms with Crippen LogP contribution in [0.1, 0.15) is 28.4 Å². The van der Waals surface area contributed by atoms with Crippen LogP contribution in [0.25, 0.3) is 0 Å². The first kappa shape index (κ1) is 18.6. The Morgan fingerprint density at radius 1 is 1.15 bits per heavy atom. The lowest BCUT2D eigenvalue weighted by atomic mass is 10.1. The third kappa shape index (κ3) is 4.70. The second-order valence-electron chi connectivity index (χ2n) is 5.80. The van der Waals surface area contributed by atoms with Gasteiger partial charge in [-0.2, -0.15) is 5.10 Å². The van der Waals surface area contributed by atoms with Gasteiger partial charge in [0.2, 0.25) is 5.16 Å². The lowest BCUT2D eigenvalue weighted by Gasteiger charge is -2.04. The Morgan fingerprint density at radius 3 is 2.56 bits per heavy atom. The zero-order valence-electron chi connectivity index (χ0n) is 15.0. The molecule has 0 fully saturated rings. The quantitative estimate of drug-likeness (QED) is 0.213. The fourth-order valence-corrected chi connectivity index (χ4v) is 2.95. The van der Waals surface area contributed by atoms with Crippen LogP contribution >= 0.6 is 11.8 Å². The number of rotatable bonds is 7. The second kappa shape index (κ2) is 8.45. The van der Waals surface area contributed by atoms with E-state index in [0.717, 1.165) is 16.8 Å². The smallest absolute Gasteiger partial charge is 0.264 e. The van der Waals surface area contributed by atoms with E-state index in [-0.39, 0.29) is 17.5 Å². The second-order valence-corrected chi connectivity index (χ2v) is 6.74. The molecule has 0 saturated heterocycles. The van der Waals surface area contributed by atoms with Crippen molar-refractivity contribution in [3.8, 4) is 0 Å². The summed E-state index contributed by atoms with van der Waals surface area (Å²) in [4.78, 5) is 16.2. The third-order valence-electron chi connectivity index (χ3n) is 3.79. The molecule has 2 heterocycles. The van der Waals surface area contributed by atoms with Crippen LogP contribution < -0.4 is 11.3 Å². The Hall–Kier alpha value is -3.20. The molecule has 0 radical (unpaired) electrons. The van der Waals surface area contributed by atoms with Crippen LogP contribution in [0.4, 0.5) is 5.95 Å². The number of pyridine rings is 1. The molecule has 0 bridgehead atoms. The SMILES string of the molecule is C/C(=N\Nc1nnc(SCC(=O)c2ccc(C)cc2)n1N)c1ccncc1. The topological polar surface area (TPSA) is 111 Å². The highest BCUT2D eigenvalue weighted by Crippen LogP contribution is 2.18. The number of thioether (sulfide) groups is 1. The van der Waals surface area contributed by atoms with Gasteiger partial charge in [-0.05, 0) is 26.0 Å². The highest BCUT2D eigenvalue weighted by atomic mass is 32.2. The number of carbonyl (C=O) groups is 1. The number of Topliss-reactive ketones (excluding diaryl/α,β-unsaturated/α-hetero) is 1. The van der Waals surface area contributed by atoms with Crippen LogP contribution in [0.2, 0.25) is 0 Å². The number of nitrogens with two attached hydrogens (primary N) is 1. The minimum Gasteiger partial charge on any atom is -0.334 e. The van der Waals surface area contributed by atoms with Gasteiger partial charge < -0.3 is 5.84 Å². The van der Waals surface area contributed by atoms with E-state index in [2.05, 4.69) is 25.7 Å². The van der Waals surface area contributed by atoms with Gasteiger partial charge in [-0.3, -0.25) is 9.78 Å². The summed E-state index contributed by atoms with van der Waals surface area (Å²) in [5.41, 5.74) is 6.24. The molecule has 0 spiro atoms. The molecular weight excluding hydrogens is 362 g/mol. The standard InChI is InChI=1S/C18H19N7OS/c1-12-3-5-15(6-4-12)16(26)11-27-18-24-23-17(25(18)19)22-21-13(2)14-7-9-20-10-8-14/h3-10H,11,19H2,1-2H3,(H,22,23)/b21-13+. The first-order chi connectivity index (χ1) is 13.0. The summed E-state index contributed by atoms with van der Waals surface area (Å²) in [5.74, 6) is 6.50. The highest BCUT2D eigenvalue weighted by molar-refractivity contribution is 7.99. The van der Waals surface area contributed by atoms with Gasteiger partial charge in [-0.1, -0.05) is 41.6 Å². The lowest BCUT2D eigenvalue weighted by Crippen LogP contribution is -2.14. The molecule has 9 heteroatoms. The zero-order valence-corrected chi connectivity index (χ0v) is 15.8. The fourth-order valence-electron chi connectivity index (χ4n) is 2.20. The minimum atomic E-state index is 0.00376. The molecule has 2 aromatic heterocycles. The number of ketones is 1. The number of nitrogen functional groups attached to an aromatic ring is 1. The molecule has 0 aliphatic heterocycles. The Kier molecular flexibility index (Phi) is 5.82. The average molecular weight is 381 g/mol. The molecule has 8 nitrogen and oxygen atoms in total. The van der Waals surface area contributed by atoms with Gasteiger partial charge in [-0.15, -0.1) is 10.2 Å². The molecule has 3 N–H and O–H groups in total. The monoisotopic (exact) mass is 381 g/mol. The van der Waals surface area contributed by atoms with Gasteiger partial charge in [0, 0.05) is 23.5 Å². The van der Waals surface area contributed by atoms with Crippen LogP contribution in [-0.2, 0) is 0 Å². The molecule has 27 heavy (non-hydrogen) atoms. The number of carbonyl (C=O) groups excluding carboxylic acids is 1. The number of hydrogen-bond acceptors (Lipinski definition) is 8. The van der Waals surface area contributed by atoms with Crippen molar-refractivity contribution in [3.63, 3.8) is 0 Å². The first-order valence-electron chi connectivity index (χ1n) is 8.18. The normalized spacial score (nSPS) is 11.4. The molecule has 0 saturated carbocycles. The van der Waals surface area contributed by atoms with Crippen molar-refractivity contribution in [2.24, 2.45) is 5.10 Å². The number of nitrogens with zero attached hydrogens (tertiary/aromatic N) is 5. The number of hydrogen-bond donors (Lipinski definition) is 2. The maximum absolute atomic E-state index is 12.3. The molecule has 0 unspecified atom stereocenters. The number of anilines is 1. The summed E-state index contributed by atoms with van der Waals surface area (Å²) >= 11 is 1.22. The molecule has 0 aliphatic carbocycles. The van der Waals surface area contributed by atoms with Gasteiger partial charge in [0.1, 0.15) is 0 Å². The maximum atomic E-state index is 12.3. The van der Waals surface area contributed by atoms with E-state index < -0.39 is 0 Å². The van der Waals surface area contributed by atoms with Crippen molar-refractivity contribution in [1.29, 1.82) is 0 Å². The number of benzene rings is 1. The van der Waals surface area contributed by atoms with E-state index >= 15 is 0 Å². The van der Waals surface area contributed by atoms with Crippen LogP contribution in [0, 0.1) is 6.92 Å². The van der Waals surface area contributed by atoms with E-state index in [9.17, 15) is 4.79 Å². The van der Waals surface area contributed by atoms with Crippen molar-refractivity contribution in [2.75, 3.05) is 17.0 Å². The van der Waals surface area contributed by atoms with E-state index in [1.54, 1.807) is 12.4 Å². The molecule has 0 amide bonds. The predicted octanol–water partition coefficient (Wildman–Crippen LogP) is 2.51. The minimum absolute atomic E-state index is 0.00376. The van der Waals surface area contributed by atoms with Gasteiger partial charge in [0.15, 0.2) is 5.78 Å². The van der Waals surface area contributed by atoms with Crippen LogP contribution in [-0.4, -0.2) is 37.1 Å². The largest absolute Gasteiger partial charge is 0.334 e. The van der Waals surface area contributed by atoms with E-state index in [0.29, 0.717) is 10.7 Å². The Bertz CT molecular complexity index is 952. The molecule has 3 aromatic rings. The maximum Gasteiger partial charge on any atom is 0.264 e. The summed E-state index contributed by atoms with van der Waals surface area (Å²) in [5, 5.41) is 12.6. The van der Waals surface area contributed by atoms with Gasteiger partial charge in [0.05, 0.1) is 11.5 Å². The van der Waals surface area contributed by atoms with Gasteiger partial charge in [0.25, 0.3) is 5.95 Å². The molecular formula is C18H19N7OS. The zero-order chi connectivity index (χ0) is 19.2. The van der Waals surface area contributed by atoms with E-state index in [1.165, 1.54) is 16.4 Å². The molecule has 138 valence electrons. The van der Waals surface area contributed by atoms with Crippen molar-refractivity contribution in [1.82, 2.24) is 19.9 Å². The number of aryl methyl sites for hydroxylation is 1. The van der Waals surface area contributed by atoms with Crippen LogP contribution in [0.5, 0.6) is 0 Å². The summed E-state index contributed by atoms with van der Waals surface area (Å²) in [7, 11) is 0. The van der Waals surface area contributed by atoms with Crippen molar-refractivity contribution >= 4 is 29.2 Å². The Balaban J connectivity index is 1.61. The summed E-state index contributed by atoms with van der Waals surface area (Å²) < 4.78 is 1.27. The van der Waals surface area contributed by atoms with Crippen molar-refractivity contribution in [3.05, 3.63) is 65.5 Å². The summed E-state index contributed by atoms with van der Waals surface area (Å²) in [6.07, 6.45) is 3.39. The molecule has 3 rings (SSSR count). The Labute approximate surface area is 160 Å². The average Bonchev–Trinajstić information content (AvgIpc) is 3.05. The predicted molar refractivity (Wildman–Crippen MR) is 106 cm³/mol. The fraction of sp³-hybridized carbons (Fsp3) is 0.167. The number of hydrazone groups is 1. The van der Waals surface area contributed by atoms with Crippen LogP contribution in [0.3, 0.4) is 0 Å². The van der Waals surface area contributed by atoms with E-state index in [1.807, 2.05) is 50.2 Å². The molecule has 0 atom stereocenters. The lowest BCUT2D eigenvalue weighted by molar-refractivity contribution is 0.102. The highest BCUT2D eigenvalue weighted by Gasteiger charge is 2.13. The first-order valence-corrected chi connectivity index (χ1v) is 9.17. The summed E-state index contributed by atoms with van der Waals surface area (Å²) in [6, 6.07) is 11.2. The molecule has 0 aliphatic rings. The van der Waals surface area contributed by atoms with Crippen LogP contribution in [0.15, 0.2) is 59.0 Å². The summed E-state index contributed by atoms with van der Waals surface area (Å²) in [6.45, 7) is 3.84. The van der Waals surface area contributed by atoms with E-state index in [4.69, 9.17) is 5.84 Å². The van der Waals surface area contributed by atoms with Crippen molar-refractivity contribution in [2.45, 2.75) is 19.0 Å². The third-order valence-corrected chi connectivity index (χ3v) is 4.74. The Morgan fingerprint density at radius 2 is 1.85 bits per heavy atom. The number of nitrogens with one attached hydrogen (secondary N) is 1. The van der Waals surface area contributed by atoms with Gasteiger partial charge >= 0.3 is 0 Å². The number of aromatic nitrogens is 4. The molecule has 1 aromatic carbocycles.